The monoisotopic (exact) mass is 454 g/mol. The first-order chi connectivity index (χ1) is 15.1. The number of halogens is 3. The Bertz CT molecular complexity index is 849. The summed E-state index contributed by atoms with van der Waals surface area (Å²) in [5.41, 5.74) is -0.148. The van der Waals surface area contributed by atoms with E-state index in [4.69, 9.17) is 4.74 Å². The number of anilines is 1. The highest BCUT2D eigenvalue weighted by atomic mass is 19.4. The number of benzene rings is 1. The van der Waals surface area contributed by atoms with E-state index in [-0.39, 0.29) is 23.6 Å². The second kappa shape index (κ2) is 8.63. The minimum atomic E-state index is -4.80. The lowest BCUT2D eigenvalue weighted by Gasteiger charge is -2.55. The van der Waals surface area contributed by atoms with Gasteiger partial charge in [0, 0.05) is 11.1 Å². The number of hydrogen-bond donors (Lipinski definition) is 2. The number of carbonyl (C=O) groups excluding carboxylic acids is 3. The summed E-state index contributed by atoms with van der Waals surface area (Å²) in [5.74, 6) is -0.0801. The summed E-state index contributed by atoms with van der Waals surface area (Å²) in [5, 5.41) is 5.09. The van der Waals surface area contributed by atoms with Crippen molar-refractivity contribution in [2.75, 3.05) is 18.5 Å². The van der Waals surface area contributed by atoms with Crippen molar-refractivity contribution < 1.29 is 37.0 Å². The van der Waals surface area contributed by atoms with Crippen molar-refractivity contribution in [1.82, 2.24) is 5.32 Å². The zero-order valence-corrected chi connectivity index (χ0v) is 17.4. The zero-order valence-electron chi connectivity index (χ0n) is 17.4. The van der Waals surface area contributed by atoms with Crippen molar-refractivity contribution in [3.05, 3.63) is 24.3 Å². The first-order valence-electron chi connectivity index (χ1n) is 10.7. The first kappa shape index (κ1) is 22.4. The Morgan fingerprint density at radius 2 is 1.53 bits per heavy atom. The van der Waals surface area contributed by atoms with Gasteiger partial charge in [0.05, 0.1) is 0 Å². The molecule has 4 bridgehead atoms. The molecule has 2 amide bonds. The Morgan fingerprint density at radius 3 is 2.06 bits per heavy atom. The molecule has 5 rings (SSSR count). The molecule has 32 heavy (non-hydrogen) atoms. The molecule has 10 heteroatoms. The summed E-state index contributed by atoms with van der Waals surface area (Å²) < 4.78 is 45.1. The molecular weight excluding hydrogens is 429 g/mol. The largest absolute Gasteiger partial charge is 0.573 e. The van der Waals surface area contributed by atoms with E-state index >= 15 is 0 Å². The maximum absolute atomic E-state index is 12.8. The third-order valence-corrected chi connectivity index (χ3v) is 6.65. The standard InChI is InChI=1S/C22H25F3N2O5/c23-22(24,25)32-17-3-1-16(2-4-17)27-18(28)12-31-19(29)11-26-20(30)21-8-13-5-14(9-21)7-15(6-13)10-21/h1-4,13-15H,5-12H2,(H,26,30)(H,27,28). The number of rotatable bonds is 7. The van der Waals surface area contributed by atoms with E-state index in [1.54, 1.807) is 0 Å². The van der Waals surface area contributed by atoms with Gasteiger partial charge in [-0.25, -0.2) is 0 Å². The lowest BCUT2D eigenvalue weighted by atomic mass is 9.49. The Kier molecular flexibility index (Phi) is 6.05. The molecule has 7 nitrogen and oxygen atoms in total. The number of nitrogens with one attached hydrogen (secondary N) is 2. The van der Waals surface area contributed by atoms with Crippen LogP contribution in [0.5, 0.6) is 5.75 Å². The van der Waals surface area contributed by atoms with E-state index in [1.165, 1.54) is 31.4 Å². The second-order valence-electron chi connectivity index (χ2n) is 9.16. The molecule has 2 N–H and O–H groups in total. The third kappa shape index (κ3) is 5.34. The van der Waals surface area contributed by atoms with E-state index in [9.17, 15) is 27.6 Å². The molecule has 0 saturated heterocycles. The predicted octanol–water partition coefficient (Wildman–Crippen LogP) is 3.40. The number of alkyl halides is 3. The summed E-state index contributed by atoms with van der Waals surface area (Å²) in [6, 6.07) is 4.56. The maximum atomic E-state index is 12.8. The molecule has 4 saturated carbocycles. The zero-order chi connectivity index (χ0) is 22.9. The molecule has 0 unspecified atom stereocenters. The maximum Gasteiger partial charge on any atom is 0.573 e. The highest BCUT2D eigenvalue weighted by Crippen LogP contribution is 2.60. The van der Waals surface area contributed by atoms with Gasteiger partial charge in [-0.05, 0) is 80.5 Å². The number of ether oxygens (including phenoxy) is 2. The summed E-state index contributed by atoms with van der Waals surface area (Å²) in [6.07, 6.45) is 1.48. The van der Waals surface area contributed by atoms with E-state index < -0.39 is 30.6 Å². The molecule has 0 heterocycles. The van der Waals surface area contributed by atoms with Gasteiger partial charge in [0.25, 0.3) is 5.91 Å². The molecule has 4 aliphatic carbocycles. The number of hydrogen-bond acceptors (Lipinski definition) is 5. The highest BCUT2D eigenvalue weighted by Gasteiger charge is 2.54. The van der Waals surface area contributed by atoms with Gasteiger partial charge in [-0.3, -0.25) is 14.4 Å². The lowest BCUT2D eigenvalue weighted by molar-refractivity contribution is -0.274. The van der Waals surface area contributed by atoms with Crippen LogP contribution in [-0.2, 0) is 19.1 Å². The van der Waals surface area contributed by atoms with Crippen LogP contribution < -0.4 is 15.4 Å². The quantitative estimate of drug-likeness (QED) is 0.616. The van der Waals surface area contributed by atoms with Crippen molar-refractivity contribution in [1.29, 1.82) is 0 Å². The van der Waals surface area contributed by atoms with Crippen LogP contribution in [0.3, 0.4) is 0 Å². The summed E-state index contributed by atoms with van der Waals surface area (Å²) in [4.78, 5) is 36.7. The molecule has 4 aliphatic rings. The van der Waals surface area contributed by atoms with Crippen molar-refractivity contribution in [3.63, 3.8) is 0 Å². The number of esters is 1. The molecular formula is C22H25F3N2O5. The summed E-state index contributed by atoms with van der Waals surface area (Å²) >= 11 is 0. The van der Waals surface area contributed by atoms with Crippen molar-refractivity contribution in [3.8, 4) is 5.75 Å². The van der Waals surface area contributed by atoms with Crippen LogP contribution in [0.15, 0.2) is 24.3 Å². The van der Waals surface area contributed by atoms with Crippen LogP contribution in [0.25, 0.3) is 0 Å². The molecule has 0 aliphatic heterocycles. The van der Waals surface area contributed by atoms with Crippen LogP contribution in [-0.4, -0.2) is 37.3 Å². The van der Waals surface area contributed by atoms with E-state index in [0.29, 0.717) is 17.8 Å². The highest BCUT2D eigenvalue weighted by molar-refractivity contribution is 5.93. The minimum absolute atomic E-state index is 0.0980. The topological polar surface area (TPSA) is 93.7 Å². The number of carbonyl (C=O) groups is 3. The fourth-order valence-electron chi connectivity index (χ4n) is 5.86. The Morgan fingerprint density at radius 1 is 0.969 bits per heavy atom. The van der Waals surface area contributed by atoms with Gasteiger partial charge in [0.1, 0.15) is 12.3 Å². The molecule has 0 atom stereocenters. The molecule has 1 aromatic carbocycles. The Hall–Kier alpha value is -2.78. The summed E-state index contributed by atoms with van der Waals surface area (Å²) in [6.45, 7) is -0.885. The fourth-order valence-corrected chi connectivity index (χ4v) is 5.86. The predicted molar refractivity (Wildman–Crippen MR) is 106 cm³/mol. The molecule has 0 radical (unpaired) electrons. The molecule has 1 aromatic rings. The van der Waals surface area contributed by atoms with Gasteiger partial charge < -0.3 is 20.1 Å². The van der Waals surface area contributed by atoms with Crippen molar-refractivity contribution >= 4 is 23.5 Å². The van der Waals surface area contributed by atoms with Gasteiger partial charge in [-0.1, -0.05) is 0 Å². The van der Waals surface area contributed by atoms with Crippen LogP contribution >= 0.6 is 0 Å². The average molecular weight is 454 g/mol. The fraction of sp³-hybridized carbons (Fsp3) is 0.591. The molecule has 0 aromatic heterocycles. The van der Waals surface area contributed by atoms with E-state index in [1.807, 2.05) is 0 Å². The normalized spacial score (nSPS) is 28.2. The van der Waals surface area contributed by atoms with Crippen molar-refractivity contribution in [2.45, 2.75) is 44.9 Å². The van der Waals surface area contributed by atoms with Gasteiger partial charge in [0.2, 0.25) is 5.91 Å². The van der Waals surface area contributed by atoms with Crippen LogP contribution in [0, 0.1) is 23.2 Å². The van der Waals surface area contributed by atoms with E-state index in [0.717, 1.165) is 31.4 Å². The van der Waals surface area contributed by atoms with Crippen molar-refractivity contribution in [2.24, 2.45) is 23.2 Å². The third-order valence-electron chi connectivity index (χ3n) is 6.65. The second-order valence-corrected chi connectivity index (χ2v) is 9.16. The smallest absolute Gasteiger partial charge is 0.454 e. The molecule has 0 spiro atoms. The van der Waals surface area contributed by atoms with Crippen LogP contribution in [0.4, 0.5) is 18.9 Å². The van der Waals surface area contributed by atoms with Crippen LogP contribution in [0.2, 0.25) is 0 Å². The SMILES string of the molecule is O=C(COC(=O)CNC(=O)C12CC3CC(CC(C3)C1)C2)Nc1ccc(OC(F)(F)F)cc1. The Balaban J connectivity index is 1.18. The minimum Gasteiger partial charge on any atom is -0.454 e. The molecule has 174 valence electrons. The Labute approximate surface area is 183 Å². The first-order valence-corrected chi connectivity index (χ1v) is 10.7. The van der Waals surface area contributed by atoms with Crippen LogP contribution in [0.1, 0.15) is 38.5 Å². The van der Waals surface area contributed by atoms with E-state index in [2.05, 4.69) is 15.4 Å². The van der Waals surface area contributed by atoms with Gasteiger partial charge in [0.15, 0.2) is 6.61 Å². The van der Waals surface area contributed by atoms with Gasteiger partial charge in [-0.15, -0.1) is 13.2 Å². The van der Waals surface area contributed by atoms with Gasteiger partial charge in [-0.2, -0.15) is 0 Å². The lowest BCUT2D eigenvalue weighted by Crippen LogP contribution is -2.54. The molecule has 4 fully saturated rings. The average Bonchev–Trinajstić information content (AvgIpc) is 2.70. The van der Waals surface area contributed by atoms with Gasteiger partial charge >= 0.3 is 12.3 Å². The summed E-state index contributed by atoms with van der Waals surface area (Å²) in [7, 11) is 0. The number of amides is 2.